The lowest BCUT2D eigenvalue weighted by molar-refractivity contribution is 0.601. The Hall–Kier alpha value is -1.27. The van der Waals surface area contributed by atoms with Crippen LogP contribution in [0, 0.1) is 0 Å². The number of halogens is 2. The molecule has 1 atom stereocenters. The molecule has 1 unspecified atom stereocenters. The van der Waals surface area contributed by atoms with Crippen molar-refractivity contribution in [1.29, 1.82) is 0 Å². The third kappa shape index (κ3) is 3.68. The van der Waals surface area contributed by atoms with Gasteiger partial charge < -0.3 is 5.73 Å². The summed E-state index contributed by atoms with van der Waals surface area (Å²) in [6.45, 7) is 1.82. The maximum absolute atomic E-state index is 12.3. The van der Waals surface area contributed by atoms with Gasteiger partial charge >= 0.3 is 0 Å². The molecular formula is C14H14Cl2N2O2S. The van der Waals surface area contributed by atoms with E-state index in [0.29, 0.717) is 0 Å². The Morgan fingerprint density at radius 2 is 1.57 bits per heavy atom. The molecule has 112 valence electrons. The van der Waals surface area contributed by atoms with Crippen molar-refractivity contribution in [2.75, 3.05) is 4.72 Å². The zero-order valence-electron chi connectivity index (χ0n) is 11.2. The first-order valence-electron chi connectivity index (χ1n) is 6.13. The highest BCUT2D eigenvalue weighted by molar-refractivity contribution is 7.92. The number of hydrogen-bond acceptors (Lipinski definition) is 3. The monoisotopic (exact) mass is 344 g/mol. The van der Waals surface area contributed by atoms with E-state index in [1.807, 2.05) is 6.92 Å². The largest absolute Gasteiger partial charge is 0.324 e. The van der Waals surface area contributed by atoms with Gasteiger partial charge in [0.1, 0.15) is 0 Å². The molecule has 0 bridgehead atoms. The van der Waals surface area contributed by atoms with Crippen LogP contribution in [-0.4, -0.2) is 8.42 Å². The van der Waals surface area contributed by atoms with Crippen molar-refractivity contribution >= 4 is 38.9 Å². The van der Waals surface area contributed by atoms with Crippen LogP contribution >= 0.6 is 23.2 Å². The third-order valence-corrected chi connectivity index (χ3v) is 4.91. The van der Waals surface area contributed by atoms with E-state index in [4.69, 9.17) is 28.9 Å². The molecule has 4 nitrogen and oxygen atoms in total. The molecule has 3 N–H and O–H groups in total. The third-order valence-electron chi connectivity index (χ3n) is 2.92. The van der Waals surface area contributed by atoms with Crippen molar-refractivity contribution in [2.24, 2.45) is 5.73 Å². The lowest BCUT2D eigenvalue weighted by Crippen LogP contribution is -2.14. The molecule has 0 aliphatic carbocycles. The van der Waals surface area contributed by atoms with Crippen LogP contribution in [0.1, 0.15) is 18.5 Å². The van der Waals surface area contributed by atoms with Gasteiger partial charge in [0.15, 0.2) is 0 Å². The van der Waals surface area contributed by atoms with Crippen molar-refractivity contribution in [3.63, 3.8) is 0 Å². The molecule has 2 aromatic rings. The Morgan fingerprint density at radius 3 is 2.05 bits per heavy atom. The summed E-state index contributed by atoms with van der Waals surface area (Å²) in [6.07, 6.45) is 0. The van der Waals surface area contributed by atoms with Gasteiger partial charge in [-0.1, -0.05) is 41.4 Å². The van der Waals surface area contributed by atoms with Gasteiger partial charge in [0.2, 0.25) is 0 Å². The molecule has 0 amide bonds. The van der Waals surface area contributed by atoms with E-state index in [-0.39, 0.29) is 26.7 Å². The second kappa shape index (κ2) is 6.23. The summed E-state index contributed by atoms with van der Waals surface area (Å²) >= 11 is 11.9. The van der Waals surface area contributed by atoms with Gasteiger partial charge in [-0.2, -0.15) is 0 Å². The average Bonchev–Trinajstić information content (AvgIpc) is 2.43. The van der Waals surface area contributed by atoms with Crippen LogP contribution in [-0.2, 0) is 10.0 Å². The Balaban J connectivity index is 2.34. The molecule has 0 aliphatic heterocycles. The quantitative estimate of drug-likeness (QED) is 0.885. The first-order valence-corrected chi connectivity index (χ1v) is 8.37. The summed E-state index contributed by atoms with van der Waals surface area (Å²) in [5.41, 5.74) is 6.75. The number of benzene rings is 2. The smallest absolute Gasteiger partial charge is 0.261 e. The minimum atomic E-state index is -3.76. The maximum Gasteiger partial charge on any atom is 0.261 e. The fourth-order valence-corrected chi connectivity index (χ4v) is 3.44. The average molecular weight is 345 g/mol. The van der Waals surface area contributed by atoms with Crippen LogP contribution in [0.3, 0.4) is 0 Å². The topological polar surface area (TPSA) is 72.2 Å². The normalized spacial score (nSPS) is 13.0. The van der Waals surface area contributed by atoms with Crippen LogP contribution in [0.5, 0.6) is 0 Å². The van der Waals surface area contributed by atoms with Crippen molar-refractivity contribution in [2.45, 2.75) is 17.9 Å². The van der Waals surface area contributed by atoms with E-state index in [2.05, 4.69) is 4.72 Å². The van der Waals surface area contributed by atoms with Gasteiger partial charge in [-0.15, -0.1) is 0 Å². The highest BCUT2D eigenvalue weighted by atomic mass is 35.5. The van der Waals surface area contributed by atoms with Crippen molar-refractivity contribution < 1.29 is 8.42 Å². The molecule has 0 spiro atoms. The van der Waals surface area contributed by atoms with Crippen molar-refractivity contribution in [1.82, 2.24) is 0 Å². The molecule has 0 saturated carbocycles. The van der Waals surface area contributed by atoms with Gasteiger partial charge in [0.05, 0.1) is 20.6 Å². The molecule has 0 heterocycles. The molecule has 0 saturated heterocycles. The van der Waals surface area contributed by atoms with Gasteiger partial charge in [0.25, 0.3) is 10.0 Å². The standard InChI is InChI=1S/C14H14Cl2N2O2S/c1-9(17)10-5-7-11(8-6-10)21(19,20)18-14-12(15)3-2-4-13(14)16/h2-9,18H,17H2,1H3. The molecule has 0 aromatic heterocycles. The zero-order valence-corrected chi connectivity index (χ0v) is 13.5. The van der Waals surface area contributed by atoms with E-state index < -0.39 is 10.0 Å². The Kier molecular flexibility index (Phi) is 4.78. The maximum atomic E-state index is 12.3. The first-order chi connectivity index (χ1) is 9.81. The molecule has 0 radical (unpaired) electrons. The number of nitrogens with one attached hydrogen (secondary N) is 1. The Morgan fingerprint density at radius 1 is 1.05 bits per heavy atom. The van der Waals surface area contributed by atoms with E-state index in [0.717, 1.165) is 5.56 Å². The van der Waals surface area contributed by atoms with Crippen molar-refractivity contribution in [3.8, 4) is 0 Å². The Labute approximate surface area is 133 Å². The summed E-state index contributed by atoms with van der Waals surface area (Å²) in [5.74, 6) is 0. The molecule has 0 aliphatic rings. The molecule has 0 fully saturated rings. The number of anilines is 1. The second-order valence-electron chi connectivity index (χ2n) is 4.56. The molecular weight excluding hydrogens is 331 g/mol. The number of para-hydroxylation sites is 1. The number of rotatable bonds is 4. The van der Waals surface area contributed by atoms with Gasteiger partial charge in [-0.3, -0.25) is 4.72 Å². The number of nitrogens with two attached hydrogens (primary N) is 1. The first kappa shape index (κ1) is 16.1. The molecule has 2 aromatic carbocycles. The van der Waals surface area contributed by atoms with Crippen LogP contribution in [0.25, 0.3) is 0 Å². The highest BCUT2D eigenvalue weighted by Crippen LogP contribution is 2.31. The Bertz CT molecular complexity index is 724. The highest BCUT2D eigenvalue weighted by Gasteiger charge is 2.17. The summed E-state index contributed by atoms with van der Waals surface area (Å²) in [7, 11) is -3.76. The number of hydrogen-bond donors (Lipinski definition) is 2. The minimum Gasteiger partial charge on any atom is -0.324 e. The summed E-state index contributed by atoms with van der Waals surface area (Å²) < 4.78 is 27.1. The number of sulfonamides is 1. The molecule has 7 heteroatoms. The summed E-state index contributed by atoms with van der Waals surface area (Å²) in [5, 5.41) is 0.469. The summed E-state index contributed by atoms with van der Waals surface area (Å²) in [4.78, 5) is 0.114. The SMILES string of the molecule is CC(N)c1ccc(S(=O)(=O)Nc2c(Cl)cccc2Cl)cc1. The van der Waals surface area contributed by atoms with Gasteiger partial charge in [-0.25, -0.2) is 8.42 Å². The van der Waals surface area contributed by atoms with Crippen LogP contribution in [0.4, 0.5) is 5.69 Å². The van der Waals surface area contributed by atoms with Crippen LogP contribution < -0.4 is 10.5 Å². The minimum absolute atomic E-state index is 0.114. The lowest BCUT2D eigenvalue weighted by Gasteiger charge is -2.12. The van der Waals surface area contributed by atoms with Crippen molar-refractivity contribution in [3.05, 3.63) is 58.1 Å². The second-order valence-corrected chi connectivity index (χ2v) is 7.06. The lowest BCUT2D eigenvalue weighted by atomic mass is 10.1. The van der Waals surface area contributed by atoms with Crippen LogP contribution in [0.15, 0.2) is 47.4 Å². The zero-order chi connectivity index (χ0) is 15.6. The predicted octanol–water partition coefficient (Wildman–Crippen LogP) is 3.81. The fourth-order valence-electron chi connectivity index (χ4n) is 1.74. The van der Waals surface area contributed by atoms with Gasteiger partial charge in [-0.05, 0) is 36.8 Å². The van der Waals surface area contributed by atoms with E-state index >= 15 is 0 Å². The fraction of sp³-hybridized carbons (Fsp3) is 0.143. The van der Waals surface area contributed by atoms with Gasteiger partial charge in [0, 0.05) is 6.04 Å². The van der Waals surface area contributed by atoms with E-state index in [1.54, 1.807) is 30.3 Å². The predicted molar refractivity (Wildman–Crippen MR) is 86.3 cm³/mol. The molecule has 21 heavy (non-hydrogen) atoms. The van der Waals surface area contributed by atoms with Crippen LogP contribution in [0.2, 0.25) is 10.0 Å². The van der Waals surface area contributed by atoms with E-state index in [9.17, 15) is 8.42 Å². The molecule has 2 rings (SSSR count). The van der Waals surface area contributed by atoms with E-state index in [1.165, 1.54) is 12.1 Å². The summed E-state index contributed by atoms with van der Waals surface area (Å²) in [6, 6.07) is 10.9.